The highest BCUT2D eigenvalue weighted by atomic mass is 16.5. The first-order valence-electron chi connectivity index (χ1n) is 8.10. The average Bonchev–Trinajstić information content (AvgIpc) is 3.05. The molecule has 0 spiro atoms. The lowest BCUT2D eigenvalue weighted by Crippen LogP contribution is -2.39. The summed E-state index contributed by atoms with van der Waals surface area (Å²) in [4.78, 5) is 46.2. The van der Waals surface area contributed by atoms with Crippen LogP contribution in [0.4, 0.5) is 5.69 Å². The Hall–Kier alpha value is -2.90. The summed E-state index contributed by atoms with van der Waals surface area (Å²) in [6, 6.07) is 6.70. The van der Waals surface area contributed by atoms with E-state index in [1.807, 2.05) is 25.1 Å². The molecule has 1 aliphatic heterocycles. The van der Waals surface area contributed by atoms with E-state index in [9.17, 15) is 19.2 Å². The van der Waals surface area contributed by atoms with Gasteiger partial charge in [-0.1, -0.05) is 25.1 Å². The Bertz CT molecular complexity index is 674. The maximum absolute atomic E-state index is 11.9. The third-order valence-electron chi connectivity index (χ3n) is 3.74. The summed E-state index contributed by atoms with van der Waals surface area (Å²) in [6.45, 7) is 1.26. The summed E-state index contributed by atoms with van der Waals surface area (Å²) in [7, 11) is 0. The number of rotatable bonds is 7. The van der Waals surface area contributed by atoms with Gasteiger partial charge in [-0.15, -0.1) is 0 Å². The molecule has 2 rings (SSSR count). The second-order valence-corrected chi connectivity index (χ2v) is 5.60. The van der Waals surface area contributed by atoms with E-state index in [4.69, 9.17) is 4.74 Å². The Morgan fingerprint density at radius 3 is 2.68 bits per heavy atom. The van der Waals surface area contributed by atoms with Gasteiger partial charge in [0.25, 0.3) is 5.91 Å². The second kappa shape index (κ2) is 8.81. The molecule has 1 fully saturated rings. The van der Waals surface area contributed by atoms with E-state index in [1.54, 1.807) is 6.07 Å². The first-order chi connectivity index (χ1) is 12.0. The van der Waals surface area contributed by atoms with Crippen LogP contribution < -0.4 is 16.0 Å². The SMILES string of the molecule is CCc1ccccc1NC(=O)CNC(=O)COC(=O)[C@H]1CCC(=O)N1. The highest BCUT2D eigenvalue weighted by molar-refractivity contribution is 5.95. The van der Waals surface area contributed by atoms with Crippen molar-refractivity contribution < 1.29 is 23.9 Å². The number of nitrogens with one attached hydrogen (secondary N) is 3. The van der Waals surface area contributed by atoms with Crippen molar-refractivity contribution in [2.24, 2.45) is 0 Å². The zero-order valence-electron chi connectivity index (χ0n) is 14.0. The van der Waals surface area contributed by atoms with Crippen molar-refractivity contribution in [1.82, 2.24) is 10.6 Å². The number of aryl methyl sites for hydroxylation is 1. The minimum atomic E-state index is -0.700. The van der Waals surface area contributed by atoms with Crippen LogP contribution in [0.5, 0.6) is 0 Å². The zero-order chi connectivity index (χ0) is 18.2. The first kappa shape index (κ1) is 18.4. The van der Waals surface area contributed by atoms with Crippen LogP contribution in [0.15, 0.2) is 24.3 Å². The van der Waals surface area contributed by atoms with Gasteiger partial charge in [0.2, 0.25) is 11.8 Å². The van der Waals surface area contributed by atoms with E-state index in [0.29, 0.717) is 12.1 Å². The maximum atomic E-state index is 11.9. The highest BCUT2D eigenvalue weighted by Gasteiger charge is 2.28. The van der Waals surface area contributed by atoms with E-state index in [0.717, 1.165) is 12.0 Å². The molecule has 0 aromatic heterocycles. The number of carbonyl (C=O) groups excluding carboxylic acids is 4. The van der Waals surface area contributed by atoms with Crippen LogP contribution in [-0.4, -0.2) is 42.9 Å². The van der Waals surface area contributed by atoms with Gasteiger partial charge in [-0.25, -0.2) is 4.79 Å². The standard InChI is InChI=1S/C17H21N3O5/c1-2-11-5-3-4-6-12(11)19-15(22)9-18-16(23)10-25-17(24)13-7-8-14(21)20-13/h3-6,13H,2,7-10H2,1H3,(H,18,23)(H,19,22)(H,20,21)/t13-/m1/s1. The third-order valence-corrected chi connectivity index (χ3v) is 3.74. The van der Waals surface area contributed by atoms with E-state index < -0.39 is 24.5 Å². The van der Waals surface area contributed by atoms with Crippen LogP contribution in [0, 0.1) is 0 Å². The van der Waals surface area contributed by atoms with Gasteiger partial charge < -0.3 is 20.7 Å². The Kier molecular flexibility index (Phi) is 6.50. The number of ether oxygens (including phenoxy) is 1. The summed E-state index contributed by atoms with van der Waals surface area (Å²) in [5, 5.41) is 7.56. The molecule has 0 radical (unpaired) electrons. The molecule has 1 atom stereocenters. The zero-order valence-corrected chi connectivity index (χ0v) is 14.0. The molecule has 1 aromatic carbocycles. The minimum absolute atomic E-state index is 0.213. The van der Waals surface area contributed by atoms with Gasteiger partial charge in [-0.3, -0.25) is 14.4 Å². The molecule has 0 bridgehead atoms. The lowest BCUT2D eigenvalue weighted by atomic mass is 10.1. The third kappa shape index (κ3) is 5.59. The predicted molar refractivity (Wildman–Crippen MR) is 89.6 cm³/mol. The number of amides is 3. The molecule has 0 saturated carbocycles. The summed E-state index contributed by atoms with van der Waals surface area (Å²) in [5.41, 5.74) is 1.70. The lowest BCUT2D eigenvalue weighted by Gasteiger charge is -2.11. The fourth-order valence-corrected chi connectivity index (χ4v) is 2.40. The lowest BCUT2D eigenvalue weighted by molar-refractivity contribution is -0.150. The number of carbonyl (C=O) groups is 4. The molecule has 0 aliphatic carbocycles. The molecule has 1 heterocycles. The number of para-hydroxylation sites is 1. The molecule has 0 unspecified atom stereocenters. The van der Waals surface area contributed by atoms with Crippen molar-refractivity contribution in [2.75, 3.05) is 18.5 Å². The normalized spacial score (nSPS) is 16.0. The summed E-state index contributed by atoms with van der Waals surface area (Å²) >= 11 is 0. The van der Waals surface area contributed by atoms with Crippen molar-refractivity contribution in [2.45, 2.75) is 32.2 Å². The van der Waals surface area contributed by atoms with Gasteiger partial charge in [0.15, 0.2) is 6.61 Å². The number of hydrogen-bond acceptors (Lipinski definition) is 5. The minimum Gasteiger partial charge on any atom is -0.454 e. The van der Waals surface area contributed by atoms with Crippen LogP contribution in [0.3, 0.4) is 0 Å². The fraction of sp³-hybridized carbons (Fsp3) is 0.412. The number of benzene rings is 1. The van der Waals surface area contributed by atoms with Gasteiger partial charge in [0.1, 0.15) is 6.04 Å². The second-order valence-electron chi connectivity index (χ2n) is 5.60. The predicted octanol–water partition coefficient (Wildman–Crippen LogP) is 0.126. The maximum Gasteiger partial charge on any atom is 0.329 e. The fourth-order valence-electron chi connectivity index (χ4n) is 2.40. The highest BCUT2D eigenvalue weighted by Crippen LogP contribution is 2.14. The van der Waals surface area contributed by atoms with E-state index in [1.165, 1.54) is 0 Å². The molecular formula is C17H21N3O5. The number of hydrogen-bond donors (Lipinski definition) is 3. The molecule has 134 valence electrons. The summed E-state index contributed by atoms with van der Waals surface area (Å²) in [6.07, 6.45) is 1.40. The van der Waals surface area contributed by atoms with Gasteiger partial charge in [-0.05, 0) is 24.5 Å². The molecule has 25 heavy (non-hydrogen) atoms. The van der Waals surface area contributed by atoms with Crippen LogP contribution >= 0.6 is 0 Å². The van der Waals surface area contributed by atoms with Crippen molar-refractivity contribution in [3.63, 3.8) is 0 Å². The smallest absolute Gasteiger partial charge is 0.329 e. The van der Waals surface area contributed by atoms with Crippen LogP contribution in [-0.2, 0) is 30.3 Å². The van der Waals surface area contributed by atoms with Crippen molar-refractivity contribution in [3.05, 3.63) is 29.8 Å². The number of esters is 1. The summed E-state index contributed by atoms with van der Waals surface area (Å²) < 4.78 is 4.83. The van der Waals surface area contributed by atoms with Gasteiger partial charge in [-0.2, -0.15) is 0 Å². The van der Waals surface area contributed by atoms with Gasteiger partial charge in [0.05, 0.1) is 6.54 Å². The van der Waals surface area contributed by atoms with Crippen LogP contribution in [0.25, 0.3) is 0 Å². The molecule has 1 saturated heterocycles. The van der Waals surface area contributed by atoms with Crippen LogP contribution in [0.2, 0.25) is 0 Å². The molecule has 8 heteroatoms. The molecular weight excluding hydrogens is 326 g/mol. The Labute approximate surface area is 145 Å². The van der Waals surface area contributed by atoms with Gasteiger partial charge >= 0.3 is 5.97 Å². The van der Waals surface area contributed by atoms with E-state index in [-0.39, 0.29) is 24.8 Å². The largest absolute Gasteiger partial charge is 0.454 e. The molecule has 3 amide bonds. The van der Waals surface area contributed by atoms with E-state index in [2.05, 4.69) is 16.0 Å². The molecule has 1 aromatic rings. The Balaban J connectivity index is 1.69. The first-order valence-corrected chi connectivity index (χ1v) is 8.10. The van der Waals surface area contributed by atoms with Crippen molar-refractivity contribution in [3.8, 4) is 0 Å². The van der Waals surface area contributed by atoms with Crippen LogP contribution in [0.1, 0.15) is 25.3 Å². The quantitative estimate of drug-likeness (QED) is 0.607. The number of anilines is 1. The summed E-state index contributed by atoms with van der Waals surface area (Å²) in [5.74, 6) is -1.82. The Morgan fingerprint density at radius 2 is 2.00 bits per heavy atom. The topological polar surface area (TPSA) is 114 Å². The average molecular weight is 347 g/mol. The Morgan fingerprint density at radius 1 is 1.24 bits per heavy atom. The molecule has 3 N–H and O–H groups in total. The van der Waals surface area contributed by atoms with Crippen molar-refractivity contribution in [1.29, 1.82) is 0 Å². The monoisotopic (exact) mass is 347 g/mol. The van der Waals surface area contributed by atoms with E-state index >= 15 is 0 Å². The van der Waals surface area contributed by atoms with Crippen molar-refractivity contribution >= 4 is 29.4 Å². The molecule has 1 aliphatic rings. The molecule has 8 nitrogen and oxygen atoms in total. The van der Waals surface area contributed by atoms with Gasteiger partial charge in [0, 0.05) is 12.1 Å².